The van der Waals surface area contributed by atoms with Crippen molar-refractivity contribution in [2.75, 3.05) is 0 Å². The van der Waals surface area contributed by atoms with E-state index in [9.17, 15) is 14.9 Å². The quantitative estimate of drug-likeness (QED) is 0.308. The van der Waals surface area contributed by atoms with Gasteiger partial charge in [0.25, 0.3) is 5.69 Å². The second-order valence-corrected chi connectivity index (χ2v) is 2.69. The van der Waals surface area contributed by atoms with Crippen molar-refractivity contribution in [3.05, 3.63) is 39.4 Å². The number of nitro benzene ring substituents is 1. The largest absolute Gasteiger partial charge is 0.295 e. The minimum absolute atomic E-state index is 0.181. The molecule has 4 nitrogen and oxygen atoms in total. The summed E-state index contributed by atoms with van der Waals surface area (Å²) in [6, 6.07) is 4.07. The summed E-state index contributed by atoms with van der Waals surface area (Å²) in [4.78, 5) is 20.9. The zero-order valence-electron chi connectivity index (χ0n) is 7.48. The van der Waals surface area contributed by atoms with Gasteiger partial charge in [0, 0.05) is 11.6 Å². The second-order valence-electron chi connectivity index (χ2n) is 2.69. The molecule has 0 spiro atoms. The van der Waals surface area contributed by atoms with E-state index >= 15 is 0 Å². The van der Waals surface area contributed by atoms with Crippen LogP contribution in [0.4, 0.5) is 5.69 Å². The van der Waals surface area contributed by atoms with Gasteiger partial charge < -0.3 is 0 Å². The van der Waals surface area contributed by atoms with Gasteiger partial charge in [0.15, 0.2) is 5.78 Å². The fourth-order valence-corrected chi connectivity index (χ4v) is 1.02. The monoisotopic (exact) mass is 189 g/mol. The highest BCUT2D eigenvalue weighted by Crippen LogP contribution is 2.19. The molecule has 1 rings (SSSR count). The number of nitro groups is 1. The average Bonchev–Trinajstić information content (AvgIpc) is 2.16. The zero-order chi connectivity index (χ0) is 10.7. The minimum Gasteiger partial charge on any atom is -0.295 e. The number of ketones is 1. The van der Waals surface area contributed by atoms with Gasteiger partial charge >= 0.3 is 0 Å². The summed E-state index contributed by atoms with van der Waals surface area (Å²) in [6.07, 6.45) is 5.08. The Hall–Kier alpha value is -2.15. The van der Waals surface area contributed by atoms with Crippen molar-refractivity contribution in [3.63, 3.8) is 0 Å². The Labute approximate surface area is 80.7 Å². The highest BCUT2D eigenvalue weighted by atomic mass is 16.6. The first kappa shape index (κ1) is 9.93. The maximum Gasteiger partial charge on any atom is 0.285 e. The number of carbonyl (C=O) groups excluding carboxylic acids is 1. The Morgan fingerprint density at radius 1 is 1.57 bits per heavy atom. The molecule has 0 aliphatic rings. The van der Waals surface area contributed by atoms with Crippen LogP contribution in [-0.2, 0) is 0 Å². The molecule has 0 bridgehead atoms. The van der Waals surface area contributed by atoms with Gasteiger partial charge in [-0.25, -0.2) is 0 Å². The van der Waals surface area contributed by atoms with E-state index in [1.165, 1.54) is 25.1 Å². The van der Waals surface area contributed by atoms with Crippen LogP contribution >= 0.6 is 0 Å². The lowest BCUT2D eigenvalue weighted by Crippen LogP contribution is -1.97. The lowest BCUT2D eigenvalue weighted by molar-refractivity contribution is -0.385. The lowest BCUT2D eigenvalue weighted by atomic mass is 10.1. The van der Waals surface area contributed by atoms with Crippen LogP contribution in [0.5, 0.6) is 0 Å². The Kier molecular flexibility index (Phi) is 2.63. The predicted molar refractivity (Wildman–Crippen MR) is 51.0 cm³/mol. The molecule has 0 fully saturated rings. The third kappa shape index (κ3) is 1.77. The lowest BCUT2D eigenvalue weighted by Gasteiger charge is -1.98. The molecular formula is C10H7NO3. The highest BCUT2D eigenvalue weighted by Gasteiger charge is 2.14. The van der Waals surface area contributed by atoms with Crippen LogP contribution in [0, 0.1) is 22.5 Å². The summed E-state index contributed by atoms with van der Waals surface area (Å²) >= 11 is 0. The molecule has 0 aromatic heterocycles. The molecule has 4 heteroatoms. The average molecular weight is 189 g/mol. The first-order chi connectivity index (χ1) is 6.56. The maximum atomic E-state index is 10.9. The topological polar surface area (TPSA) is 60.2 Å². The Balaban J connectivity index is 3.37. The van der Waals surface area contributed by atoms with Crippen LogP contribution in [0.1, 0.15) is 22.8 Å². The van der Waals surface area contributed by atoms with Crippen LogP contribution in [0.2, 0.25) is 0 Å². The smallest absolute Gasteiger partial charge is 0.285 e. The normalized spacial score (nSPS) is 9.14. The summed E-state index contributed by atoms with van der Waals surface area (Å²) in [7, 11) is 0. The molecule has 1 aromatic carbocycles. The van der Waals surface area contributed by atoms with E-state index in [0.717, 1.165) is 0 Å². The number of hydrogen-bond donors (Lipinski definition) is 0. The molecule has 0 aliphatic carbocycles. The molecule has 0 atom stereocenters. The summed E-state index contributed by atoms with van der Waals surface area (Å²) in [6.45, 7) is 1.34. The number of rotatable bonds is 2. The van der Waals surface area contributed by atoms with Crippen LogP contribution in [-0.4, -0.2) is 10.7 Å². The maximum absolute atomic E-state index is 10.9. The number of terminal acetylenes is 1. The van der Waals surface area contributed by atoms with E-state index in [1.54, 1.807) is 0 Å². The molecule has 0 amide bonds. The number of hydrogen-bond acceptors (Lipinski definition) is 3. The van der Waals surface area contributed by atoms with E-state index in [0.29, 0.717) is 0 Å². The first-order valence-corrected chi connectivity index (χ1v) is 3.82. The van der Waals surface area contributed by atoms with Crippen molar-refractivity contribution in [2.24, 2.45) is 0 Å². The fourth-order valence-electron chi connectivity index (χ4n) is 1.02. The van der Waals surface area contributed by atoms with Gasteiger partial charge in [0.1, 0.15) is 5.56 Å². The molecule has 1 aromatic rings. The van der Waals surface area contributed by atoms with Gasteiger partial charge in [-0.3, -0.25) is 14.9 Å². The molecule has 70 valence electrons. The van der Waals surface area contributed by atoms with Gasteiger partial charge in [-0.05, 0) is 19.1 Å². The van der Waals surface area contributed by atoms with Crippen molar-refractivity contribution >= 4 is 11.5 Å². The molecule has 0 aliphatic heterocycles. The van der Waals surface area contributed by atoms with Gasteiger partial charge in [-0.15, -0.1) is 6.42 Å². The fraction of sp³-hybridized carbons (Fsp3) is 0.100. The number of Topliss-reactive ketones (excluding diaryl/α,β-unsaturated/α-hetero) is 1. The van der Waals surface area contributed by atoms with E-state index < -0.39 is 4.92 Å². The van der Waals surface area contributed by atoms with Gasteiger partial charge in [-0.2, -0.15) is 0 Å². The molecule has 0 N–H and O–H groups in total. The number of carbonyl (C=O) groups is 1. The number of benzene rings is 1. The van der Waals surface area contributed by atoms with Crippen LogP contribution in [0.25, 0.3) is 0 Å². The third-order valence-electron chi connectivity index (χ3n) is 1.76. The van der Waals surface area contributed by atoms with E-state index in [1.807, 2.05) is 0 Å². The molecule has 0 saturated carbocycles. The van der Waals surface area contributed by atoms with Gasteiger partial charge in [0.05, 0.1) is 4.92 Å². The van der Waals surface area contributed by atoms with Crippen molar-refractivity contribution in [3.8, 4) is 12.3 Å². The van der Waals surface area contributed by atoms with Crippen LogP contribution in [0.3, 0.4) is 0 Å². The Morgan fingerprint density at radius 3 is 2.64 bits per heavy atom. The molecule has 0 radical (unpaired) electrons. The summed E-state index contributed by atoms with van der Waals surface area (Å²) < 4.78 is 0. The first-order valence-electron chi connectivity index (χ1n) is 3.82. The van der Waals surface area contributed by atoms with Crippen LogP contribution < -0.4 is 0 Å². The van der Waals surface area contributed by atoms with E-state index in [4.69, 9.17) is 6.42 Å². The molecule has 14 heavy (non-hydrogen) atoms. The molecular weight excluding hydrogens is 182 g/mol. The molecule has 0 unspecified atom stereocenters. The highest BCUT2D eigenvalue weighted by molar-refractivity contribution is 5.95. The molecule has 0 heterocycles. The van der Waals surface area contributed by atoms with E-state index in [2.05, 4.69) is 5.92 Å². The molecule has 0 saturated heterocycles. The zero-order valence-corrected chi connectivity index (χ0v) is 7.48. The van der Waals surface area contributed by atoms with E-state index in [-0.39, 0.29) is 22.6 Å². The van der Waals surface area contributed by atoms with Gasteiger partial charge in [-0.1, -0.05) is 5.92 Å². The van der Waals surface area contributed by atoms with Crippen LogP contribution in [0.15, 0.2) is 18.2 Å². The van der Waals surface area contributed by atoms with Crippen molar-refractivity contribution in [1.29, 1.82) is 0 Å². The SMILES string of the molecule is C#Cc1ccc(C(C)=O)cc1[N+](=O)[O-]. The minimum atomic E-state index is -0.596. The predicted octanol–water partition coefficient (Wildman–Crippen LogP) is 1.78. The Bertz CT molecular complexity index is 443. The van der Waals surface area contributed by atoms with Crippen molar-refractivity contribution in [2.45, 2.75) is 6.92 Å². The second kappa shape index (κ2) is 3.71. The van der Waals surface area contributed by atoms with Crippen molar-refractivity contribution in [1.82, 2.24) is 0 Å². The number of nitrogens with zero attached hydrogens (tertiary/aromatic N) is 1. The summed E-state index contributed by atoms with van der Waals surface area (Å²) in [5.74, 6) is 1.96. The third-order valence-corrected chi connectivity index (χ3v) is 1.76. The van der Waals surface area contributed by atoms with Crippen molar-refractivity contribution < 1.29 is 9.72 Å². The summed E-state index contributed by atoms with van der Waals surface area (Å²) in [5, 5.41) is 10.6. The Morgan fingerprint density at radius 2 is 2.21 bits per heavy atom. The standard InChI is InChI=1S/C10H7NO3/c1-3-8-4-5-9(7(2)12)6-10(8)11(13)14/h1,4-6H,2H3. The summed E-state index contributed by atoms with van der Waals surface area (Å²) in [5.41, 5.74) is 0.260. The van der Waals surface area contributed by atoms with Gasteiger partial charge in [0.2, 0.25) is 0 Å².